The Balaban J connectivity index is 2.82. The van der Waals surface area contributed by atoms with Crippen LogP contribution in [0.2, 0.25) is 0 Å². The van der Waals surface area contributed by atoms with E-state index in [1.165, 1.54) is 4.90 Å². The number of amides is 2. The molecule has 1 N–H and O–H groups in total. The second kappa shape index (κ2) is 3.36. The molecule has 1 aliphatic heterocycles. The van der Waals surface area contributed by atoms with E-state index in [4.69, 9.17) is 0 Å². The molecule has 13 heavy (non-hydrogen) atoms. The van der Waals surface area contributed by atoms with Crippen molar-refractivity contribution in [1.29, 1.82) is 0 Å². The molecule has 74 valence electrons. The number of carbonyl (C=O) groups excluding carboxylic acids is 2. The molecule has 0 spiro atoms. The average molecular weight is 184 g/mol. The fraction of sp³-hybridized carbons (Fsp3) is 0.778. The van der Waals surface area contributed by atoms with Crippen LogP contribution in [-0.4, -0.2) is 35.8 Å². The van der Waals surface area contributed by atoms with Crippen molar-refractivity contribution >= 4 is 11.8 Å². The van der Waals surface area contributed by atoms with Gasteiger partial charge in [0.15, 0.2) is 0 Å². The van der Waals surface area contributed by atoms with Gasteiger partial charge in [-0.2, -0.15) is 0 Å². The first-order valence-electron chi connectivity index (χ1n) is 4.52. The van der Waals surface area contributed by atoms with E-state index < -0.39 is 0 Å². The molecule has 1 fully saturated rings. The van der Waals surface area contributed by atoms with Gasteiger partial charge in [-0.1, -0.05) is 13.8 Å². The lowest BCUT2D eigenvalue weighted by atomic mass is 9.99. The third kappa shape index (κ3) is 1.66. The van der Waals surface area contributed by atoms with E-state index >= 15 is 0 Å². The van der Waals surface area contributed by atoms with Gasteiger partial charge in [-0.25, -0.2) is 0 Å². The minimum Gasteiger partial charge on any atom is -0.342 e. The summed E-state index contributed by atoms with van der Waals surface area (Å²) in [5.41, 5.74) is 0. The number of likely N-dealkylation sites (N-methyl/N-ethyl adjacent to an activating group) is 1. The molecule has 1 saturated heterocycles. The van der Waals surface area contributed by atoms with Crippen molar-refractivity contribution in [2.75, 3.05) is 7.05 Å². The van der Waals surface area contributed by atoms with Gasteiger partial charge < -0.3 is 10.2 Å². The van der Waals surface area contributed by atoms with Crippen LogP contribution in [0.25, 0.3) is 0 Å². The zero-order valence-corrected chi connectivity index (χ0v) is 8.50. The van der Waals surface area contributed by atoms with Crippen LogP contribution in [0.5, 0.6) is 0 Å². The molecule has 0 aromatic carbocycles. The zero-order valence-electron chi connectivity index (χ0n) is 8.50. The number of hydrogen-bond donors (Lipinski definition) is 1. The smallest absolute Gasteiger partial charge is 0.245 e. The summed E-state index contributed by atoms with van der Waals surface area (Å²) in [6, 6.07) is -0.698. The first-order chi connectivity index (χ1) is 5.95. The summed E-state index contributed by atoms with van der Waals surface area (Å²) >= 11 is 0. The van der Waals surface area contributed by atoms with Crippen LogP contribution in [0.1, 0.15) is 20.8 Å². The highest BCUT2D eigenvalue weighted by Crippen LogP contribution is 2.12. The van der Waals surface area contributed by atoms with Crippen LogP contribution in [0.4, 0.5) is 0 Å². The van der Waals surface area contributed by atoms with E-state index in [0.29, 0.717) is 0 Å². The normalized spacial score (nSPS) is 29.5. The lowest BCUT2D eigenvalue weighted by Crippen LogP contribution is -2.62. The third-order valence-corrected chi connectivity index (χ3v) is 2.54. The van der Waals surface area contributed by atoms with Crippen molar-refractivity contribution in [2.45, 2.75) is 32.9 Å². The van der Waals surface area contributed by atoms with Gasteiger partial charge in [0.2, 0.25) is 11.8 Å². The van der Waals surface area contributed by atoms with Crippen LogP contribution < -0.4 is 5.32 Å². The lowest BCUT2D eigenvalue weighted by Gasteiger charge is -2.36. The molecule has 0 bridgehead atoms. The SMILES string of the molecule is CC(C)C1NC(=O)C(C)N(C)C1=O. The number of piperazine rings is 1. The van der Waals surface area contributed by atoms with E-state index in [2.05, 4.69) is 5.32 Å². The fourth-order valence-corrected chi connectivity index (χ4v) is 1.37. The van der Waals surface area contributed by atoms with Gasteiger partial charge in [0.25, 0.3) is 0 Å². The van der Waals surface area contributed by atoms with Crippen LogP contribution in [0.3, 0.4) is 0 Å². The number of hydrogen-bond acceptors (Lipinski definition) is 2. The Morgan fingerprint density at radius 1 is 1.38 bits per heavy atom. The predicted octanol–water partition coefficient (Wildman–Crippen LogP) is -0.0123. The largest absolute Gasteiger partial charge is 0.342 e. The molecule has 2 amide bonds. The minimum absolute atomic E-state index is 0.00194. The van der Waals surface area contributed by atoms with Crippen LogP contribution in [-0.2, 0) is 9.59 Å². The highest BCUT2D eigenvalue weighted by molar-refractivity contribution is 5.96. The molecule has 0 radical (unpaired) electrons. The number of carbonyl (C=O) groups is 2. The van der Waals surface area contributed by atoms with Gasteiger partial charge in [-0.3, -0.25) is 9.59 Å². The van der Waals surface area contributed by atoms with E-state index in [0.717, 1.165) is 0 Å². The van der Waals surface area contributed by atoms with Crippen molar-refractivity contribution in [3.05, 3.63) is 0 Å². The Morgan fingerprint density at radius 2 is 1.92 bits per heavy atom. The van der Waals surface area contributed by atoms with Crippen molar-refractivity contribution < 1.29 is 9.59 Å². The first-order valence-corrected chi connectivity index (χ1v) is 4.52. The number of rotatable bonds is 1. The highest BCUT2D eigenvalue weighted by Gasteiger charge is 2.36. The topological polar surface area (TPSA) is 49.4 Å². The molecule has 0 aliphatic carbocycles. The maximum absolute atomic E-state index is 11.6. The predicted molar refractivity (Wildman–Crippen MR) is 49.0 cm³/mol. The summed E-state index contributed by atoms with van der Waals surface area (Å²) in [4.78, 5) is 24.5. The van der Waals surface area contributed by atoms with E-state index in [-0.39, 0.29) is 29.8 Å². The van der Waals surface area contributed by atoms with Crippen molar-refractivity contribution in [3.63, 3.8) is 0 Å². The van der Waals surface area contributed by atoms with Crippen LogP contribution in [0, 0.1) is 5.92 Å². The van der Waals surface area contributed by atoms with E-state index in [9.17, 15) is 9.59 Å². The molecule has 1 rings (SSSR count). The van der Waals surface area contributed by atoms with Gasteiger partial charge >= 0.3 is 0 Å². The standard InChI is InChI=1S/C9H16N2O2/c1-5(2)7-9(13)11(4)6(3)8(12)10-7/h5-7H,1-4H3,(H,10,12). The molecule has 4 heteroatoms. The van der Waals surface area contributed by atoms with Crippen molar-refractivity contribution in [1.82, 2.24) is 10.2 Å². The molecular formula is C9H16N2O2. The molecule has 4 nitrogen and oxygen atoms in total. The molecular weight excluding hydrogens is 168 g/mol. The Labute approximate surface area is 78.3 Å². The molecule has 2 unspecified atom stereocenters. The van der Waals surface area contributed by atoms with Crippen molar-refractivity contribution in [2.24, 2.45) is 5.92 Å². The van der Waals surface area contributed by atoms with Crippen LogP contribution in [0.15, 0.2) is 0 Å². The molecule has 2 atom stereocenters. The number of nitrogens with zero attached hydrogens (tertiary/aromatic N) is 1. The second-order valence-electron chi connectivity index (χ2n) is 3.86. The Bertz CT molecular complexity index is 238. The molecule has 1 aliphatic rings. The molecule has 0 saturated carbocycles. The summed E-state index contributed by atoms with van der Waals surface area (Å²) in [6.45, 7) is 5.57. The Hall–Kier alpha value is -1.06. The average Bonchev–Trinajstić information content (AvgIpc) is 2.07. The van der Waals surface area contributed by atoms with Gasteiger partial charge in [0, 0.05) is 7.05 Å². The summed E-state index contributed by atoms with van der Waals surface area (Å²) < 4.78 is 0. The quantitative estimate of drug-likeness (QED) is 0.623. The van der Waals surface area contributed by atoms with Gasteiger partial charge in [0.1, 0.15) is 12.1 Å². The van der Waals surface area contributed by atoms with Gasteiger partial charge in [0.05, 0.1) is 0 Å². The van der Waals surface area contributed by atoms with E-state index in [1.54, 1.807) is 14.0 Å². The molecule has 0 aromatic heterocycles. The van der Waals surface area contributed by atoms with Crippen molar-refractivity contribution in [3.8, 4) is 0 Å². The zero-order chi connectivity index (χ0) is 10.2. The summed E-state index contributed by atoms with van der Waals surface area (Å²) in [7, 11) is 1.67. The maximum Gasteiger partial charge on any atom is 0.245 e. The first kappa shape index (κ1) is 10.0. The third-order valence-electron chi connectivity index (χ3n) is 2.54. The lowest BCUT2D eigenvalue weighted by molar-refractivity contribution is -0.148. The van der Waals surface area contributed by atoms with Gasteiger partial charge in [-0.05, 0) is 12.8 Å². The second-order valence-corrected chi connectivity index (χ2v) is 3.86. The summed E-state index contributed by atoms with van der Waals surface area (Å²) in [6.07, 6.45) is 0. The monoisotopic (exact) mass is 184 g/mol. The minimum atomic E-state index is -0.353. The molecule has 0 aromatic rings. The maximum atomic E-state index is 11.6. The summed E-state index contributed by atoms with van der Waals surface area (Å²) in [5, 5.41) is 2.72. The highest BCUT2D eigenvalue weighted by atomic mass is 16.2. The summed E-state index contributed by atoms with van der Waals surface area (Å²) in [5.74, 6) is 0.0781. The van der Waals surface area contributed by atoms with E-state index in [1.807, 2.05) is 13.8 Å². The Morgan fingerprint density at radius 3 is 2.38 bits per heavy atom. The fourth-order valence-electron chi connectivity index (χ4n) is 1.37. The van der Waals surface area contributed by atoms with Gasteiger partial charge in [-0.15, -0.1) is 0 Å². The van der Waals surface area contributed by atoms with Crippen LogP contribution >= 0.6 is 0 Å². The Kier molecular flexibility index (Phi) is 2.59. The number of nitrogens with one attached hydrogen (secondary N) is 1. The molecule has 1 heterocycles.